The number of hydrogen-bond acceptors (Lipinski definition) is 5. The van der Waals surface area contributed by atoms with Crippen molar-refractivity contribution in [1.82, 2.24) is 0 Å². The highest BCUT2D eigenvalue weighted by Gasteiger charge is 2.03. The van der Waals surface area contributed by atoms with Gasteiger partial charge in [-0.3, -0.25) is 4.79 Å². The average Bonchev–Trinajstić information content (AvgIpc) is 2.80. The molecule has 0 unspecified atom stereocenters. The number of aliphatic carboxylic acids is 1. The van der Waals surface area contributed by atoms with Crippen LogP contribution in [-0.4, -0.2) is 37.9 Å². The van der Waals surface area contributed by atoms with Gasteiger partial charge in [0, 0.05) is 25.7 Å². The van der Waals surface area contributed by atoms with Crippen molar-refractivity contribution < 1.29 is 28.8 Å². The molecule has 0 aromatic heterocycles. The molecule has 0 saturated heterocycles. The van der Waals surface area contributed by atoms with Gasteiger partial charge in [-0.1, -0.05) is 42.5 Å². The Labute approximate surface area is 196 Å². The maximum Gasteiger partial charge on any atom is 0.303 e. The van der Waals surface area contributed by atoms with Gasteiger partial charge in [0.2, 0.25) is 0 Å². The molecule has 0 atom stereocenters. The van der Waals surface area contributed by atoms with Gasteiger partial charge < -0.3 is 24.1 Å². The van der Waals surface area contributed by atoms with Crippen LogP contribution in [0.4, 0.5) is 0 Å². The molecule has 0 aliphatic heterocycles. The molecule has 178 valence electrons. The number of unbranched alkanes of at least 4 members (excludes halogenated alkanes) is 2. The largest absolute Gasteiger partial charge is 0.481 e. The lowest BCUT2D eigenvalue weighted by Gasteiger charge is -2.11. The molecule has 6 heteroatoms. The van der Waals surface area contributed by atoms with E-state index in [1.54, 1.807) is 0 Å². The van der Waals surface area contributed by atoms with Crippen molar-refractivity contribution in [2.75, 3.05) is 26.8 Å². The van der Waals surface area contributed by atoms with E-state index in [2.05, 4.69) is 18.2 Å². The van der Waals surface area contributed by atoms with Crippen LogP contribution in [-0.2, 0) is 14.3 Å². The van der Waals surface area contributed by atoms with E-state index in [-0.39, 0.29) is 20.0 Å². The van der Waals surface area contributed by atoms with Gasteiger partial charge in [-0.25, -0.2) is 0 Å². The van der Waals surface area contributed by atoms with Crippen LogP contribution in [0, 0.1) is 0 Å². The number of rotatable bonds is 16. The third-order valence-electron chi connectivity index (χ3n) is 4.63. The summed E-state index contributed by atoms with van der Waals surface area (Å²) in [5.74, 6) is 0.589. The zero-order chi connectivity index (χ0) is 23.7. The van der Waals surface area contributed by atoms with Gasteiger partial charge >= 0.3 is 5.97 Å². The van der Waals surface area contributed by atoms with Crippen LogP contribution in [0.5, 0.6) is 11.5 Å². The number of hydrogen-bond donors (Lipinski definition) is 1. The summed E-state index contributed by atoms with van der Waals surface area (Å²) in [5.41, 5.74) is 3.11. The van der Waals surface area contributed by atoms with Crippen molar-refractivity contribution in [2.24, 2.45) is 0 Å². The van der Waals surface area contributed by atoms with Crippen LogP contribution in [0.25, 0.3) is 18.2 Å². The Hall–Kier alpha value is -3.09. The molecule has 0 aliphatic rings. The van der Waals surface area contributed by atoms with Gasteiger partial charge in [-0.2, -0.15) is 0 Å². The smallest absolute Gasteiger partial charge is 0.303 e. The first-order chi connectivity index (χ1) is 16.1. The molecular formula is C27H34O6. The van der Waals surface area contributed by atoms with E-state index in [1.165, 1.54) is 0 Å². The molecule has 0 saturated carbocycles. The highest BCUT2D eigenvalue weighted by Crippen LogP contribution is 2.25. The second-order valence-electron chi connectivity index (χ2n) is 7.29. The fraction of sp³-hybridized carbons (Fsp3) is 0.370. The molecule has 1 N–H and O–H groups in total. The molecule has 2 aromatic rings. The lowest BCUT2D eigenvalue weighted by molar-refractivity contribution is -0.137. The fourth-order valence-electron chi connectivity index (χ4n) is 2.96. The topological polar surface area (TPSA) is 74.2 Å². The predicted molar refractivity (Wildman–Crippen MR) is 131 cm³/mol. The lowest BCUT2D eigenvalue weighted by atomic mass is 10.1. The minimum absolute atomic E-state index is 0.180. The van der Waals surface area contributed by atoms with Crippen LogP contribution in [0.15, 0.2) is 48.5 Å². The minimum atomic E-state index is -0.738. The molecule has 2 aromatic carbocycles. The van der Waals surface area contributed by atoms with E-state index >= 15 is 0 Å². The first-order valence-corrected chi connectivity index (χ1v) is 11.3. The van der Waals surface area contributed by atoms with E-state index in [1.807, 2.05) is 62.4 Å². The maximum absolute atomic E-state index is 10.6. The molecule has 0 radical (unpaired) electrons. The molecule has 2 rings (SSSR count). The summed E-state index contributed by atoms with van der Waals surface area (Å²) in [6.07, 6.45) is 10.9. The predicted octanol–water partition coefficient (Wildman–Crippen LogP) is 6.26. The number of carbonyl (C=O) groups is 1. The molecular weight excluding hydrogens is 420 g/mol. The normalized spacial score (nSPS) is 11.3. The number of benzene rings is 2. The zero-order valence-electron chi connectivity index (χ0n) is 19.5. The van der Waals surface area contributed by atoms with E-state index in [9.17, 15) is 4.79 Å². The summed E-state index contributed by atoms with van der Waals surface area (Å²) in [4.78, 5) is 10.6. The van der Waals surface area contributed by atoms with Gasteiger partial charge in [-0.15, -0.1) is 0 Å². The molecule has 33 heavy (non-hydrogen) atoms. The summed E-state index contributed by atoms with van der Waals surface area (Å²) in [6.45, 7) is 5.36. The van der Waals surface area contributed by atoms with E-state index in [4.69, 9.17) is 24.1 Å². The summed E-state index contributed by atoms with van der Waals surface area (Å²) >= 11 is 0. The number of allylic oxidation sites excluding steroid dienone is 1. The Bertz CT molecular complexity index is 875. The standard InChI is InChI=1S/C27H34O6/c1-3-30-20-32-25-17-24(18-26(19-25)33-21-31-4-2)15-14-23-12-9-11-22(16-23)10-7-5-6-8-13-27(28)29/h7,9-12,14-19H,3-6,8,13,20-21H2,1-2H3,(H,28,29)/b10-7+,15-14+. The van der Waals surface area contributed by atoms with Crippen molar-refractivity contribution in [3.63, 3.8) is 0 Å². The van der Waals surface area contributed by atoms with Crippen LogP contribution >= 0.6 is 0 Å². The van der Waals surface area contributed by atoms with E-state index in [0.717, 1.165) is 29.5 Å². The molecule has 0 fully saturated rings. The van der Waals surface area contributed by atoms with Gasteiger partial charge in [0.15, 0.2) is 13.6 Å². The quantitative estimate of drug-likeness (QED) is 0.183. The summed E-state index contributed by atoms with van der Waals surface area (Å²) < 4.78 is 21.9. The zero-order valence-corrected chi connectivity index (χ0v) is 19.5. The van der Waals surface area contributed by atoms with Crippen molar-refractivity contribution in [3.8, 4) is 11.5 Å². The number of ether oxygens (including phenoxy) is 4. The number of carboxylic acids is 1. The summed E-state index contributed by atoms with van der Waals surface area (Å²) in [6, 6.07) is 13.9. The van der Waals surface area contributed by atoms with Gasteiger partial charge in [0.05, 0.1) is 0 Å². The third kappa shape index (κ3) is 11.4. The molecule has 0 aliphatic carbocycles. The molecule has 0 spiro atoms. The highest BCUT2D eigenvalue weighted by atomic mass is 16.7. The van der Waals surface area contributed by atoms with Crippen LogP contribution in [0.3, 0.4) is 0 Å². The van der Waals surface area contributed by atoms with Crippen LogP contribution in [0.2, 0.25) is 0 Å². The Morgan fingerprint density at radius 3 is 2.03 bits per heavy atom. The highest BCUT2D eigenvalue weighted by molar-refractivity contribution is 5.72. The molecule has 0 bridgehead atoms. The Kier molecular flexibility index (Phi) is 12.4. The Morgan fingerprint density at radius 1 is 0.818 bits per heavy atom. The Morgan fingerprint density at radius 2 is 1.42 bits per heavy atom. The summed E-state index contributed by atoms with van der Waals surface area (Å²) in [7, 11) is 0. The lowest BCUT2D eigenvalue weighted by Crippen LogP contribution is -2.04. The van der Waals surface area contributed by atoms with Crippen LogP contribution in [0.1, 0.15) is 56.2 Å². The van der Waals surface area contributed by atoms with E-state index in [0.29, 0.717) is 31.1 Å². The minimum Gasteiger partial charge on any atom is -0.481 e. The SMILES string of the molecule is CCOCOc1cc(/C=C/c2cccc(/C=C/CCCCC(=O)O)c2)cc(OCOCC)c1. The first-order valence-electron chi connectivity index (χ1n) is 11.3. The van der Waals surface area contributed by atoms with Crippen molar-refractivity contribution in [2.45, 2.75) is 39.5 Å². The van der Waals surface area contributed by atoms with Crippen molar-refractivity contribution in [3.05, 3.63) is 65.2 Å². The molecule has 0 heterocycles. The van der Waals surface area contributed by atoms with E-state index < -0.39 is 5.97 Å². The van der Waals surface area contributed by atoms with Crippen molar-refractivity contribution >= 4 is 24.2 Å². The number of carboxylic acid groups (broad SMARTS) is 1. The van der Waals surface area contributed by atoms with Gasteiger partial charge in [0.1, 0.15) is 11.5 Å². The van der Waals surface area contributed by atoms with Gasteiger partial charge in [0.25, 0.3) is 0 Å². The second-order valence-corrected chi connectivity index (χ2v) is 7.29. The maximum atomic E-state index is 10.6. The van der Waals surface area contributed by atoms with Gasteiger partial charge in [-0.05, 0) is 68.0 Å². The Balaban J connectivity index is 2.03. The monoisotopic (exact) mass is 454 g/mol. The summed E-state index contributed by atoms with van der Waals surface area (Å²) in [5, 5.41) is 8.69. The molecule has 0 amide bonds. The second kappa shape index (κ2) is 15.7. The van der Waals surface area contributed by atoms with Crippen LogP contribution < -0.4 is 9.47 Å². The molecule has 6 nitrogen and oxygen atoms in total. The average molecular weight is 455 g/mol. The van der Waals surface area contributed by atoms with Crippen molar-refractivity contribution in [1.29, 1.82) is 0 Å². The fourth-order valence-corrected chi connectivity index (χ4v) is 2.96. The first kappa shape index (κ1) is 26.2. The third-order valence-corrected chi connectivity index (χ3v) is 4.63.